The van der Waals surface area contributed by atoms with E-state index in [2.05, 4.69) is 5.32 Å². The minimum Gasteiger partial charge on any atom is -0.465 e. The number of hydrogen-bond donors (Lipinski definition) is 1. The van der Waals surface area contributed by atoms with Gasteiger partial charge in [0.25, 0.3) is 5.91 Å². The molecule has 1 aromatic carbocycles. The van der Waals surface area contributed by atoms with E-state index in [0.29, 0.717) is 17.3 Å². The van der Waals surface area contributed by atoms with E-state index in [9.17, 15) is 9.59 Å². The van der Waals surface area contributed by atoms with Gasteiger partial charge in [0.15, 0.2) is 6.61 Å². The Morgan fingerprint density at radius 1 is 1.27 bits per heavy atom. The molecule has 0 radical (unpaired) electrons. The highest BCUT2D eigenvalue weighted by atomic mass is 35.5. The fourth-order valence-corrected chi connectivity index (χ4v) is 1.83. The van der Waals surface area contributed by atoms with Crippen molar-refractivity contribution in [2.75, 3.05) is 6.61 Å². The van der Waals surface area contributed by atoms with Crippen LogP contribution in [0.1, 0.15) is 11.3 Å². The molecule has 0 aliphatic rings. The second-order valence-electron chi connectivity index (χ2n) is 4.36. The predicted octanol–water partition coefficient (Wildman–Crippen LogP) is 2.81. The molecule has 0 saturated heterocycles. The third-order valence-corrected chi connectivity index (χ3v) is 2.89. The Kier molecular flexibility index (Phi) is 5.80. The number of carbonyl (C=O) groups excluding carboxylic acids is 2. The van der Waals surface area contributed by atoms with E-state index < -0.39 is 5.97 Å². The number of amides is 1. The van der Waals surface area contributed by atoms with Gasteiger partial charge in [0.2, 0.25) is 0 Å². The van der Waals surface area contributed by atoms with Crippen molar-refractivity contribution in [1.82, 2.24) is 5.32 Å². The normalized spacial score (nSPS) is 10.6. The molecule has 0 fully saturated rings. The van der Waals surface area contributed by atoms with Crippen molar-refractivity contribution in [2.45, 2.75) is 6.54 Å². The zero-order chi connectivity index (χ0) is 15.8. The highest BCUT2D eigenvalue weighted by Gasteiger charge is 2.05. The molecule has 1 amide bonds. The summed E-state index contributed by atoms with van der Waals surface area (Å²) in [5, 5.41) is 3.23. The van der Waals surface area contributed by atoms with Crippen LogP contribution in [0.3, 0.4) is 0 Å². The highest BCUT2D eigenvalue weighted by Crippen LogP contribution is 2.10. The molecule has 0 spiro atoms. The smallest absolute Gasteiger partial charge is 0.331 e. The minimum absolute atomic E-state index is 0.319. The Bertz CT molecular complexity index is 665. The molecule has 1 N–H and O–H groups in total. The second-order valence-corrected chi connectivity index (χ2v) is 4.80. The molecule has 0 aliphatic carbocycles. The van der Waals surface area contributed by atoms with Crippen molar-refractivity contribution < 1.29 is 18.7 Å². The molecule has 2 aromatic rings. The Balaban J connectivity index is 1.70. The third-order valence-electron chi connectivity index (χ3n) is 2.65. The van der Waals surface area contributed by atoms with Crippen LogP contribution >= 0.6 is 11.6 Å². The maximum absolute atomic E-state index is 11.6. The molecule has 2 rings (SSSR count). The van der Waals surface area contributed by atoms with E-state index in [0.717, 1.165) is 5.56 Å². The van der Waals surface area contributed by atoms with Crippen molar-refractivity contribution in [2.24, 2.45) is 0 Å². The van der Waals surface area contributed by atoms with Crippen LogP contribution in [0.4, 0.5) is 0 Å². The molecule has 5 nitrogen and oxygen atoms in total. The molecule has 0 aliphatic heterocycles. The highest BCUT2D eigenvalue weighted by molar-refractivity contribution is 6.30. The maximum Gasteiger partial charge on any atom is 0.331 e. The van der Waals surface area contributed by atoms with Crippen LogP contribution in [0.5, 0.6) is 0 Å². The van der Waals surface area contributed by atoms with E-state index in [1.807, 2.05) is 6.07 Å². The van der Waals surface area contributed by atoms with E-state index in [4.69, 9.17) is 20.8 Å². The number of rotatable bonds is 6. The van der Waals surface area contributed by atoms with Gasteiger partial charge in [-0.05, 0) is 35.9 Å². The molecule has 114 valence electrons. The Morgan fingerprint density at radius 3 is 2.86 bits per heavy atom. The summed E-state index contributed by atoms with van der Waals surface area (Å²) in [5.74, 6) is -0.476. The average molecular weight is 320 g/mol. The Hall–Kier alpha value is -2.53. The number of ether oxygens (including phenoxy) is 1. The number of esters is 1. The summed E-state index contributed by atoms with van der Waals surface area (Å²) in [7, 11) is 0. The van der Waals surface area contributed by atoms with Crippen LogP contribution in [0.2, 0.25) is 5.02 Å². The third kappa shape index (κ3) is 5.46. The monoisotopic (exact) mass is 319 g/mol. The SMILES string of the molecule is O=C(COC(=O)/C=C/c1ccco1)NCc1cccc(Cl)c1. The molecule has 0 unspecified atom stereocenters. The molecule has 0 atom stereocenters. The standard InChI is InChI=1S/C16H14ClNO4/c17-13-4-1-3-12(9-13)10-18-15(19)11-22-16(20)7-6-14-5-2-8-21-14/h1-9H,10-11H2,(H,18,19)/b7-6+. The molecule has 1 heterocycles. The topological polar surface area (TPSA) is 68.5 Å². The molecule has 0 saturated carbocycles. The lowest BCUT2D eigenvalue weighted by Crippen LogP contribution is -2.28. The van der Waals surface area contributed by atoms with Gasteiger partial charge < -0.3 is 14.5 Å². The zero-order valence-electron chi connectivity index (χ0n) is 11.6. The van der Waals surface area contributed by atoms with Gasteiger partial charge in [-0.2, -0.15) is 0 Å². The first kappa shape index (κ1) is 15.9. The minimum atomic E-state index is -0.616. The van der Waals surface area contributed by atoms with Crippen molar-refractivity contribution in [1.29, 1.82) is 0 Å². The number of benzene rings is 1. The lowest BCUT2D eigenvalue weighted by atomic mass is 10.2. The van der Waals surface area contributed by atoms with Gasteiger partial charge in [-0.25, -0.2) is 4.79 Å². The summed E-state index contributed by atoms with van der Waals surface area (Å²) in [6, 6.07) is 10.5. The fourth-order valence-electron chi connectivity index (χ4n) is 1.62. The molecular weight excluding hydrogens is 306 g/mol. The van der Waals surface area contributed by atoms with Crippen LogP contribution in [-0.2, 0) is 20.9 Å². The molecule has 22 heavy (non-hydrogen) atoms. The van der Waals surface area contributed by atoms with Crippen molar-refractivity contribution in [3.8, 4) is 0 Å². The summed E-state index contributed by atoms with van der Waals surface area (Å²) in [6.45, 7) is -0.0267. The first-order valence-corrected chi connectivity index (χ1v) is 6.91. The fraction of sp³-hybridized carbons (Fsp3) is 0.125. The zero-order valence-corrected chi connectivity index (χ0v) is 12.4. The van der Waals surface area contributed by atoms with E-state index in [1.165, 1.54) is 18.4 Å². The lowest BCUT2D eigenvalue weighted by Gasteiger charge is -2.05. The molecule has 1 aromatic heterocycles. The summed E-state index contributed by atoms with van der Waals surface area (Å²) < 4.78 is 9.83. The van der Waals surface area contributed by atoms with Gasteiger partial charge in [-0.15, -0.1) is 0 Å². The van der Waals surface area contributed by atoms with Gasteiger partial charge in [0.1, 0.15) is 5.76 Å². The number of halogens is 1. The van der Waals surface area contributed by atoms with Crippen LogP contribution in [0.15, 0.2) is 53.2 Å². The van der Waals surface area contributed by atoms with Crippen LogP contribution in [0, 0.1) is 0 Å². The van der Waals surface area contributed by atoms with Crippen molar-refractivity contribution >= 4 is 29.6 Å². The van der Waals surface area contributed by atoms with E-state index >= 15 is 0 Å². The predicted molar refractivity (Wildman–Crippen MR) is 82.0 cm³/mol. The quantitative estimate of drug-likeness (QED) is 0.656. The van der Waals surface area contributed by atoms with Crippen LogP contribution < -0.4 is 5.32 Å². The van der Waals surface area contributed by atoms with E-state index in [1.54, 1.807) is 30.3 Å². The molecule has 0 bridgehead atoms. The van der Waals surface area contributed by atoms with Gasteiger partial charge in [0.05, 0.1) is 6.26 Å². The Morgan fingerprint density at radius 2 is 2.14 bits per heavy atom. The summed E-state index contributed by atoms with van der Waals surface area (Å²) in [5.41, 5.74) is 0.866. The van der Waals surface area contributed by atoms with Crippen molar-refractivity contribution in [3.05, 3.63) is 65.1 Å². The average Bonchev–Trinajstić information content (AvgIpc) is 3.02. The number of furan rings is 1. The molecule has 6 heteroatoms. The Labute approximate surface area is 132 Å². The first-order valence-electron chi connectivity index (χ1n) is 6.53. The van der Waals surface area contributed by atoms with Crippen LogP contribution in [0.25, 0.3) is 6.08 Å². The van der Waals surface area contributed by atoms with Crippen LogP contribution in [-0.4, -0.2) is 18.5 Å². The first-order chi connectivity index (χ1) is 10.6. The second kappa shape index (κ2) is 8.05. The summed E-state index contributed by atoms with van der Waals surface area (Å²) in [4.78, 5) is 23.0. The largest absolute Gasteiger partial charge is 0.465 e. The number of hydrogen-bond acceptors (Lipinski definition) is 4. The van der Waals surface area contributed by atoms with Gasteiger partial charge >= 0.3 is 5.97 Å². The van der Waals surface area contributed by atoms with E-state index in [-0.39, 0.29) is 12.5 Å². The number of nitrogens with one attached hydrogen (secondary N) is 1. The summed E-state index contributed by atoms with van der Waals surface area (Å²) in [6.07, 6.45) is 4.16. The summed E-state index contributed by atoms with van der Waals surface area (Å²) >= 11 is 5.84. The van der Waals surface area contributed by atoms with Crippen molar-refractivity contribution in [3.63, 3.8) is 0 Å². The number of carbonyl (C=O) groups is 2. The van der Waals surface area contributed by atoms with Gasteiger partial charge in [-0.1, -0.05) is 23.7 Å². The molecular formula is C16H14ClNO4. The maximum atomic E-state index is 11.6. The van der Waals surface area contributed by atoms with Gasteiger partial charge in [-0.3, -0.25) is 4.79 Å². The lowest BCUT2D eigenvalue weighted by molar-refractivity contribution is -0.143. The van der Waals surface area contributed by atoms with Gasteiger partial charge in [0, 0.05) is 17.6 Å².